The Kier molecular flexibility index (Phi) is 8.39. The van der Waals surface area contributed by atoms with E-state index in [9.17, 15) is 19.5 Å². The second kappa shape index (κ2) is 11.9. The lowest BCUT2D eigenvalue weighted by Gasteiger charge is -2.22. The molecule has 3 atom stereocenters. The van der Waals surface area contributed by atoms with Crippen molar-refractivity contribution in [2.24, 2.45) is 0 Å². The minimum absolute atomic E-state index is 0.0235. The van der Waals surface area contributed by atoms with Crippen LogP contribution >= 0.6 is 11.8 Å². The lowest BCUT2D eigenvalue weighted by atomic mass is 9.99. The van der Waals surface area contributed by atoms with Gasteiger partial charge in [0.25, 0.3) is 11.8 Å². The first-order chi connectivity index (χ1) is 17.9. The highest BCUT2D eigenvalue weighted by Gasteiger charge is 2.43. The molecule has 1 saturated heterocycles. The Bertz CT molecular complexity index is 1260. The number of methoxy groups -OCH3 is 1. The number of para-hydroxylation sites is 1. The van der Waals surface area contributed by atoms with E-state index >= 15 is 0 Å². The van der Waals surface area contributed by atoms with E-state index in [2.05, 4.69) is 5.32 Å². The predicted molar refractivity (Wildman–Crippen MR) is 136 cm³/mol. The molecule has 1 fully saturated rings. The molecule has 1 unspecified atom stereocenters. The van der Waals surface area contributed by atoms with Gasteiger partial charge in [0.1, 0.15) is 18.6 Å². The van der Waals surface area contributed by atoms with Gasteiger partial charge in [0.05, 0.1) is 12.8 Å². The van der Waals surface area contributed by atoms with Crippen LogP contribution in [0.4, 0.5) is 5.69 Å². The van der Waals surface area contributed by atoms with Gasteiger partial charge in [-0.15, -0.1) is 0 Å². The minimum Gasteiger partial charge on any atom is -0.496 e. The van der Waals surface area contributed by atoms with Gasteiger partial charge in [-0.05, 0) is 29.3 Å². The number of carboxylic acids is 1. The molecule has 3 aromatic carbocycles. The number of carbonyl (C=O) groups excluding carboxylic acids is 2. The van der Waals surface area contributed by atoms with E-state index in [1.807, 2.05) is 36.4 Å². The van der Waals surface area contributed by atoms with Crippen LogP contribution < -0.4 is 14.5 Å². The van der Waals surface area contributed by atoms with Crippen LogP contribution in [0.1, 0.15) is 5.56 Å². The second-order valence-electron chi connectivity index (χ2n) is 8.25. The summed E-state index contributed by atoms with van der Waals surface area (Å²) in [6.07, 6.45) is -2.73. The van der Waals surface area contributed by atoms with Crippen LogP contribution in [0.2, 0.25) is 0 Å². The molecule has 0 spiro atoms. The monoisotopic (exact) mass is 524 g/mol. The summed E-state index contributed by atoms with van der Waals surface area (Å²) in [4.78, 5) is 37.8. The molecule has 1 heterocycles. The quantitative estimate of drug-likeness (QED) is 0.412. The van der Waals surface area contributed by atoms with Crippen LogP contribution in [0.5, 0.6) is 5.75 Å². The third-order valence-electron chi connectivity index (χ3n) is 5.85. The molecular formula is C27H25ClN2O7. The smallest absolute Gasteiger partial charge is 0.326 e. The van der Waals surface area contributed by atoms with E-state index in [0.29, 0.717) is 17.0 Å². The van der Waals surface area contributed by atoms with Crippen LogP contribution in [0, 0.1) is 0 Å². The number of aliphatic carboxylic acids is 1. The Morgan fingerprint density at radius 3 is 2.32 bits per heavy atom. The number of nitrogens with one attached hydrogen (secondary N) is 1. The molecule has 2 N–H and O–H groups in total. The van der Waals surface area contributed by atoms with E-state index in [1.165, 1.54) is 7.11 Å². The maximum absolute atomic E-state index is 13.0. The molecule has 1 aliphatic heterocycles. The SMILES string of the molecule is COc1cc(CC(NC(=O)[C@@H]2OCO[C@H]2C(=O)N(Cl)c2ccccc2)C(=O)O)ccc1-c1ccccc1. The lowest BCUT2D eigenvalue weighted by Crippen LogP contribution is -2.52. The largest absolute Gasteiger partial charge is 0.496 e. The summed E-state index contributed by atoms with van der Waals surface area (Å²) < 4.78 is 17.0. The van der Waals surface area contributed by atoms with Crippen molar-refractivity contribution >= 4 is 35.2 Å². The van der Waals surface area contributed by atoms with Crippen molar-refractivity contribution in [2.75, 3.05) is 18.3 Å². The molecule has 9 nitrogen and oxygen atoms in total. The Hall–Kier alpha value is -3.92. The number of carboxylic acid groups (broad SMARTS) is 1. The number of amides is 2. The number of anilines is 1. The van der Waals surface area contributed by atoms with Crippen molar-refractivity contribution in [2.45, 2.75) is 24.7 Å². The number of hydrogen-bond acceptors (Lipinski definition) is 6. The molecular weight excluding hydrogens is 500 g/mol. The van der Waals surface area contributed by atoms with Crippen molar-refractivity contribution < 1.29 is 33.7 Å². The third-order valence-corrected chi connectivity index (χ3v) is 6.22. The first kappa shape index (κ1) is 26.2. The summed E-state index contributed by atoms with van der Waals surface area (Å²) in [5, 5.41) is 12.2. The van der Waals surface area contributed by atoms with Crippen molar-refractivity contribution in [1.82, 2.24) is 5.32 Å². The lowest BCUT2D eigenvalue weighted by molar-refractivity contribution is -0.144. The van der Waals surface area contributed by atoms with Crippen molar-refractivity contribution in [3.63, 3.8) is 0 Å². The zero-order valence-corrected chi connectivity index (χ0v) is 20.6. The van der Waals surface area contributed by atoms with Crippen LogP contribution in [-0.4, -0.2) is 55.0 Å². The van der Waals surface area contributed by atoms with Crippen molar-refractivity contribution in [3.8, 4) is 16.9 Å². The number of hydrogen-bond donors (Lipinski definition) is 2. The zero-order valence-electron chi connectivity index (χ0n) is 19.9. The molecule has 1 aliphatic rings. The summed E-state index contributed by atoms with van der Waals surface area (Å²) in [6.45, 7) is -0.316. The number of benzene rings is 3. The van der Waals surface area contributed by atoms with Crippen molar-refractivity contribution in [1.29, 1.82) is 0 Å². The molecule has 0 radical (unpaired) electrons. The highest BCUT2D eigenvalue weighted by molar-refractivity contribution is 6.37. The Balaban J connectivity index is 1.46. The maximum Gasteiger partial charge on any atom is 0.326 e. The summed E-state index contributed by atoms with van der Waals surface area (Å²) in [6, 6.07) is 22.1. The van der Waals surface area contributed by atoms with Gasteiger partial charge in [0.15, 0.2) is 12.2 Å². The van der Waals surface area contributed by atoms with Gasteiger partial charge < -0.3 is 24.6 Å². The van der Waals surface area contributed by atoms with E-state index in [1.54, 1.807) is 42.5 Å². The second-order valence-corrected chi connectivity index (χ2v) is 8.59. The van der Waals surface area contributed by atoms with Crippen LogP contribution in [0.25, 0.3) is 11.1 Å². The number of rotatable bonds is 9. The Morgan fingerprint density at radius 2 is 1.68 bits per heavy atom. The number of nitrogens with zero attached hydrogens (tertiary/aromatic N) is 1. The first-order valence-electron chi connectivity index (χ1n) is 11.4. The van der Waals surface area contributed by atoms with Crippen LogP contribution in [-0.2, 0) is 30.3 Å². The van der Waals surface area contributed by atoms with Gasteiger partial charge in [-0.3, -0.25) is 9.59 Å². The average Bonchev–Trinajstić information content (AvgIpc) is 3.43. The number of halogens is 1. The topological polar surface area (TPSA) is 114 Å². The molecule has 4 rings (SSSR count). The highest BCUT2D eigenvalue weighted by atomic mass is 35.5. The average molecular weight is 525 g/mol. The molecule has 3 aromatic rings. The molecule has 192 valence electrons. The Labute approximate surface area is 218 Å². The van der Waals surface area contributed by atoms with Gasteiger partial charge in [-0.1, -0.05) is 60.7 Å². The van der Waals surface area contributed by atoms with E-state index in [4.69, 9.17) is 26.0 Å². The molecule has 0 aromatic heterocycles. The standard InChI is InChI=1S/C27H25ClN2O7/c1-35-22-15-17(12-13-20(22)18-8-4-2-5-9-18)14-21(27(33)34)29-25(31)23-24(37-16-36-23)26(32)30(28)19-10-6-3-7-11-19/h2-13,15,21,23-24H,14,16H2,1H3,(H,29,31)(H,33,34)/t21?,23-,24-/m1/s1. The molecule has 10 heteroatoms. The molecule has 2 amide bonds. The zero-order chi connectivity index (χ0) is 26.4. The normalized spacial score (nSPS) is 17.6. The van der Waals surface area contributed by atoms with E-state index in [0.717, 1.165) is 15.5 Å². The van der Waals surface area contributed by atoms with Gasteiger partial charge in [-0.2, -0.15) is 0 Å². The van der Waals surface area contributed by atoms with Crippen LogP contribution in [0.15, 0.2) is 78.9 Å². The summed E-state index contributed by atoms with van der Waals surface area (Å²) >= 11 is 6.17. The fourth-order valence-electron chi connectivity index (χ4n) is 3.98. The third kappa shape index (κ3) is 6.08. The van der Waals surface area contributed by atoms with Gasteiger partial charge in [0, 0.05) is 23.8 Å². The van der Waals surface area contributed by atoms with Gasteiger partial charge in [-0.25, -0.2) is 9.21 Å². The summed E-state index contributed by atoms with van der Waals surface area (Å²) in [5.41, 5.74) is 2.83. The van der Waals surface area contributed by atoms with Gasteiger partial charge in [0.2, 0.25) is 0 Å². The minimum atomic E-state index is -1.37. The highest BCUT2D eigenvalue weighted by Crippen LogP contribution is 2.31. The number of ether oxygens (including phenoxy) is 3. The predicted octanol–water partition coefficient (Wildman–Crippen LogP) is 3.40. The molecule has 0 bridgehead atoms. The van der Waals surface area contributed by atoms with Crippen LogP contribution in [0.3, 0.4) is 0 Å². The molecule has 0 aliphatic carbocycles. The Morgan fingerprint density at radius 1 is 1.03 bits per heavy atom. The van der Waals surface area contributed by atoms with E-state index in [-0.39, 0.29) is 13.2 Å². The molecule has 0 saturated carbocycles. The maximum atomic E-state index is 13.0. The summed E-state index contributed by atoms with van der Waals surface area (Å²) in [7, 11) is 1.53. The number of carbonyl (C=O) groups is 3. The van der Waals surface area contributed by atoms with Gasteiger partial charge >= 0.3 is 5.97 Å². The fourth-order valence-corrected chi connectivity index (χ4v) is 4.19. The summed E-state index contributed by atoms with van der Waals surface area (Å²) in [5.74, 6) is -2.18. The first-order valence-corrected chi connectivity index (χ1v) is 11.8. The van der Waals surface area contributed by atoms with Crippen molar-refractivity contribution in [3.05, 3.63) is 84.4 Å². The van der Waals surface area contributed by atoms with E-state index < -0.39 is 36.0 Å². The molecule has 37 heavy (non-hydrogen) atoms. The fraction of sp³-hybridized carbons (Fsp3) is 0.222.